The molecule has 1 fully saturated rings. The van der Waals surface area contributed by atoms with Gasteiger partial charge in [0.1, 0.15) is 44.2 Å². The van der Waals surface area contributed by atoms with Crippen molar-refractivity contribution in [3.05, 3.63) is 41.2 Å². The summed E-state index contributed by atoms with van der Waals surface area (Å²) in [5.74, 6) is 2.24. The molecule has 2 aliphatic heterocycles. The third-order valence-electron chi connectivity index (χ3n) is 5.18. The highest BCUT2D eigenvalue weighted by molar-refractivity contribution is 5.90. The molecule has 0 bridgehead atoms. The van der Waals surface area contributed by atoms with Crippen molar-refractivity contribution in [2.45, 2.75) is 19.9 Å². The lowest BCUT2D eigenvalue weighted by Crippen LogP contribution is -3.28. The maximum absolute atomic E-state index is 12.1. The second-order valence-electron chi connectivity index (χ2n) is 7.27. The Morgan fingerprint density at radius 3 is 2.77 bits per heavy atom. The molecular weight excluding hydrogens is 332 g/mol. The molecule has 3 N–H and O–H groups in total. The van der Waals surface area contributed by atoms with E-state index in [0.717, 1.165) is 51.5 Å². The summed E-state index contributed by atoms with van der Waals surface area (Å²) >= 11 is 0. The van der Waals surface area contributed by atoms with E-state index in [-0.39, 0.29) is 5.91 Å². The highest BCUT2D eigenvalue weighted by Crippen LogP contribution is 2.25. The van der Waals surface area contributed by atoms with Gasteiger partial charge in [0.15, 0.2) is 12.4 Å². The second kappa shape index (κ2) is 7.47. The molecule has 3 heterocycles. The number of amides is 1. The largest absolute Gasteiger partial charge is 0.493 e. The highest BCUT2D eigenvalue weighted by atomic mass is 16.5. The Balaban J connectivity index is 1.23. The molecule has 1 amide bonds. The Bertz CT molecular complexity index is 781. The van der Waals surface area contributed by atoms with E-state index < -0.39 is 0 Å². The Morgan fingerprint density at radius 1 is 1.19 bits per heavy atom. The van der Waals surface area contributed by atoms with Crippen LogP contribution in [0.1, 0.15) is 16.9 Å². The van der Waals surface area contributed by atoms with E-state index in [1.165, 1.54) is 16.0 Å². The number of nitrogens with one attached hydrogen (secondary N) is 3. The summed E-state index contributed by atoms with van der Waals surface area (Å²) in [4.78, 5) is 15.0. The number of nitrogens with zero attached hydrogens (tertiary/aromatic N) is 1. The molecule has 4 rings (SSSR count). The summed E-state index contributed by atoms with van der Waals surface area (Å²) in [7, 11) is 0. The lowest BCUT2D eigenvalue weighted by Gasteiger charge is -2.29. The predicted octanol–water partition coefficient (Wildman–Crippen LogP) is -1.16. The van der Waals surface area contributed by atoms with Crippen LogP contribution in [0.25, 0.3) is 0 Å². The number of hydrogen-bond donors (Lipinski definition) is 3. The van der Waals surface area contributed by atoms with Gasteiger partial charge in [-0.15, -0.1) is 0 Å². The van der Waals surface area contributed by atoms with Gasteiger partial charge in [-0.05, 0) is 30.7 Å². The molecule has 0 radical (unpaired) electrons. The van der Waals surface area contributed by atoms with Crippen LogP contribution in [0.5, 0.6) is 5.75 Å². The lowest BCUT2D eigenvalue weighted by molar-refractivity contribution is -1.02. The maximum Gasteiger partial charge on any atom is 0.280 e. The molecule has 1 aromatic heterocycles. The van der Waals surface area contributed by atoms with Gasteiger partial charge in [-0.1, -0.05) is 5.16 Å². The summed E-state index contributed by atoms with van der Waals surface area (Å²) in [5.41, 5.74) is 2.72. The number of anilines is 1. The van der Waals surface area contributed by atoms with Crippen LogP contribution in [0.15, 0.2) is 28.8 Å². The van der Waals surface area contributed by atoms with Gasteiger partial charge in [-0.3, -0.25) is 4.79 Å². The van der Waals surface area contributed by atoms with Crippen molar-refractivity contribution in [3.63, 3.8) is 0 Å². The molecule has 0 saturated carbocycles. The van der Waals surface area contributed by atoms with E-state index >= 15 is 0 Å². The molecule has 138 valence electrons. The zero-order chi connectivity index (χ0) is 17.9. The summed E-state index contributed by atoms with van der Waals surface area (Å²) in [6, 6.07) is 8.32. The van der Waals surface area contributed by atoms with Crippen molar-refractivity contribution >= 4 is 11.7 Å². The maximum atomic E-state index is 12.1. The minimum atomic E-state index is -0.00429. The minimum absolute atomic E-state index is 0.00429. The summed E-state index contributed by atoms with van der Waals surface area (Å²) < 4.78 is 10.6. The second-order valence-corrected chi connectivity index (χ2v) is 7.27. The number of rotatable bonds is 5. The minimum Gasteiger partial charge on any atom is -0.493 e. The van der Waals surface area contributed by atoms with Crippen LogP contribution in [-0.4, -0.2) is 50.4 Å². The van der Waals surface area contributed by atoms with Gasteiger partial charge in [0.2, 0.25) is 0 Å². The van der Waals surface area contributed by atoms with E-state index in [4.69, 9.17) is 9.26 Å². The van der Waals surface area contributed by atoms with Crippen LogP contribution in [0.2, 0.25) is 0 Å². The van der Waals surface area contributed by atoms with Crippen molar-refractivity contribution in [2.75, 3.05) is 44.6 Å². The smallest absolute Gasteiger partial charge is 0.280 e. The number of fused-ring (bicyclic) bond motifs is 1. The molecular formula is C19H26N4O3+2. The Morgan fingerprint density at radius 2 is 2.00 bits per heavy atom. The molecule has 0 atom stereocenters. The highest BCUT2D eigenvalue weighted by Gasteiger charge is 2.25. The van der Waals surface area contributed by atoms with E-state index in [9.17, 15) is 4.79 Å². The molecule has 2 aliphatic rings. The fraction of sp³-hybridized carbons (Fsp3) is 0.474. The third-order valence-corrected chi connectivity index (χ3v) is 5.18. The predicted molar refractivity (Wildman–Crippen MR) is 95.5 cm³/mol. The molecule has 0 spiro atoms. The molecule has 7 nitrogen and oxygen atoms in total. The number of hydrogen-bond acceptors (Lipinski definition) is 4. The van der Waals surface area contributed by atoms with Gasteiger partial charge in [0, 0.05) is 18.1 Å². The van der Waals surface area contributed by atoms with Crippen molar-refractivity contribution in [2.24, 2.45) is 0 Å². The van der Waals surface area contributed by atoms with Crippen LogP contribution < -0.4 is 19.9 Å². The van der Waals surface area contributed by atoms with Gasteiger partial charge in [-0.25, -0.2) is 0 Å². The molecule has 1 aromatic carbocycles. The van der Waals surface area contributed by atoms with E-state index in [2.05, 4.69) is 28.7 Å². The number of quaternary nitrogens is 2. The topological polar surface area (TPSA) is 73.2 Å². The van der Waals surface area contributed by atoms with Crippen LogP contribution in [0, 0.1) is 6.92 Å². The zero-order valence-corrected chi connectivity index (χ0v) is 15.1. The number of benzene rings is 1. The normalized spacial score (nSPS) is 21.9. The molecule has 2 aromatic rings. The quantitative estimate of drug-likeness (QED) is 0.631. The van der Waals surface area contributed by atoms with Gasteiger partial charge in [-0.2, -0.15) is 0 Å². The summed E-state index contributed by atoms with van der Waals surface area (Å²) in [6.45, 7) is 8.33. The molecule has 7 heteroatoms. The summed E-state index contributed by atoms with van der Waals surface area (Å²) in [6.07, 6.45) is 1.02. The van der Waals surface area contributed by atoms with Crippen molar-refractivity contribution in [1.29, 1.82) is 0 Å². The first-order valence-corrected chi connectivity index (χ1v) is 9.30. The first kappa shape index (κ1) is 17.1. The zero-order valence-electron chi connectivity index (χ0n) is 15.1. The van der Waals surface area contributed by atoms with Crippen LogP contribution in [-0.2, 0) is 17.8 Å². The number of carbonyl (C=O) groups is 1. The van der Waals surface area contributed by atoms with Crippen LogP contribution in [0.3, 0.4) is 0 Å². The van der Waals surface area contributed by atoms with Crippen molar-refractivity contribution < 1.29 is 23.9 Å². The third kappa shape index (κ3) is 4.05. The fourth-order valence-corrected chi connectivity index (χ4v) is 3.79. The number of carbonyl (C=O) groups excluding carboxylic acids is 1. The van der Waals surface area contributed by atoms with E-state index in [1.54, 1.807) is 11.0 Å². The molecule has 0 unspecified atom stereocenters. The monoisotopic (exact) mass is 358 g/mol. The molecule has 26 heavy (non-hydrogen) atoms. The number of aryl methyl sites for hydroxylation is 1. The number of piperazine rings is 1. The van der Waals surface area contributed by atoms with Gasteiger partial charge < -0.3 is 24.4 Å². The lowest BCUT2D eigenvalue weighted by atomic mass is 10.1. The van der Waals surface area contributed by atoms with Gasteiger partial charge in [0.05, 0.1) is 6.61 Å². The first-order valence-electron chi connectivity index (χ1n) is 9.30. The first-order chi connectivity index (χ1) is 12.7. The number of ether oxygens (including phenoxy) is 1. The number of aromatic nitrogens is 1. The Labute approximate surface area is 152 Å². The molecule has 1 saturated heterocycles. The van der Waals surface area contributed by atoms with E-state index in [1.807, 2.05) is 6.92 Å². The molecule has 0 aliphatic carbocycles. The van der Waals surface area contributed by atoms with Crippen LogP contribution >= 0.6 is 0 Å². The SMILES string of the molecule is Cc1cc(NC(=O)C[NH+]2CC[NH+](Cc3ccc4c(c3)CCO4)CC2)no1. The Hall–Kier alpha value is -2.38. The van der Waals surface area contributed by atoms with Gasteiger partial charge >= 0.3 is 0 Å². The van der Waals surface area contributed by atoms with Gasteiger partial charge in [0.25, 0.3) is 5.91 Å². The summed E-state index contributed by atoms with van der Waals surface area (Å²) in [5, 5.41) is 6.60. The van der Waals surface area contributed by atoms with Crippen molar-refractivity contribution in [1.82, 2.24) is 5.16 Å². The average molecular weight is 358 g/mol. The fourth-order valence-electron chi connectivity index (χ4n) is 3.79. The van der Waals surface area contributed by atoms with Crippen LogP contribution in [0.4, 0.5) is 5.82 Å². The average Bonchev–Trinajstić information content (AvgIpc) is 3.25. The Kier molecular flexibility index (Phi) is 4.90. The van der Waals surface area contributed by atoms with E-state index in [0.29, 0.717) is 18.1 Å². The standard InChI is InChI=1S/C19H24N4O3/c1-14-10-18(21-26-14)20-19(24)13-23-7-5-22(6-8-23)12-15-2-3-17-16(11-15)4-9-25-17/h2-3,10-11H,4-9,12-13H2,1H3,(H,20,21,24)/p+2. The van der Waals surface area contributed by atoms with Crippen molar-refractivity contribution in [3.8, 4) is 5.75 Å².